The molecule has 1 unspecified atom stereocenters. The second-order valence-corrected chi connectivity index (χ2v) is 3.81. The molecule has 0 bridgehead atoms. The van der Waals surface area contributed by atoms with Gasteiger partial charge >= 0.3 is 6.18 Å². The quantitative estimate of drug-likeness (QED) is 0.919. The van der Waals surface area contributed by atoms with Crippen LogP contribution in [0, 0.1) is 0 Å². The standard InChI is InChI=1S/C12H10F3NO2/c13-12(14,15)11-7-9(16-18-11)6-10(17)8-4-2-1-3-5-8/h1-5,7,10,17H,6H2. The minimum atomic E-state index is -4.55. The molecule has 1 aromatic heterocycles. The molecule has 0 spiro atoms. The van der Waals surface area contributed by atoms with E-state index in [1.54, 1.807) is 30.3 Å². The predicted octanol–water partition coefficient (Wildman–Crippen LogP) is 2.97. The summed E-state index contributed by atoms with van der Waals surface area (Å²) in [6.45, 7) is 0. The summed E-state index contributed by atoms with van der Waals surface area (Å²) in [6.07, 6.45) is -5.48. The zero-order valence-corrected chi connectivity index (χ0v) is 9.19. The second-order valence-electron chi connectivity index (χ2n) is 3.81. The average molecular weight is 257 g/mol. The van der Waals surface area contributed by atoms with E-state index >= 15 is 0 Å². The summed E-state index contributed by atoms with van der Waals surface area (Å²) in [5.74, 6) is -1.15. The Morgan fingerprint density at radius 3 is 2.44 bits per heavy atom. The van der Waals surface area contributed by atoms with Crippen molar-refractivity contribution in [3.8, 4) is 0 Å². The Hall–Kier alpha value is -1.82. The molecule has 1 aromatic carbocycles. The molecule has 96 valence electrons. The average Bonchev–Trinajstić information content (AvgIpc) is 2.78. The first-order valence-corrected chi connectivity index (χ1v) is 5.22. The molecule has 0 saturated heterocycles. The van der Waals surface area contributed by atoms with Gasteiger partial charge in [0.05, 0.1) is 11.8 Å². The number of aliphatic hydroxyl groups excluding tert-OH is 1. The fourth-order valence-electron chi connectivity index (χ4n) is 1.53. The van der Waals surface area contributed by atoms with Crippen LogP contribution in [-0.4, -0.2) is 10.3 Å². The first-order valence-electron chi connectivity index (χ1n) is 5.22. The van der Waals surface area contributed by atoms with Gasteiger partial charge in [-0.2, -0.15) is 13.2 Å². The molecular weight excluding hydrogens is 247 g/mol. The number of rotatable bonds is 3. The van der Waals surface area contributed by atoms with E-state index in [1.807, 2.05) is 0 Å². The van der Waals surface area contributed by atoms with Crippen LogP contribution in [0.1, 0.15) is 23.1 Å². The first kappa shape index (κ1) is 12.6. The summed E-state index contributed by atoms with van der Waals surface area (Å²) in [5.41, 5.74) is 0.688. The van der Waals surface area contributed by atoms with E-state index in [1.165, 1.54) is 0 Å². The van der Waals surface area contributed by atoms with Crippen molar-refractivity contribution in [2.24, 2.45) is 0 Å². The van der Waals surface area contributed by atoms with E-state index in [2.05, 4.69) is 9.68 Å². The molecule has 6 heteroatoms. The first-order chi connectivity index (χ1) is 8.47. The summed E-state index contributed by atoms with van der Waals surface area (Å²) in [6, 6.07) is 9.44. The largest absolute Gasteiger partial charge is 0.452 e. The number of halogens is 3. The topological polar surface area (TPSA) is 46.3 Å². The summed E-state index contributed by atoms with van der Waals surface area (Å²) in [4.78, 5) is 0. The van der Waals surface area contributed by atoms with Gasteiger partial charge in [0.1, 0.15) is 0 Å². The fourth-order valence-corrected chi connectivity index (χ4v) is 1.53. The smallest absolute Gasteiger partial charge is 0.388 e. The van der Waals surface area contributed by atoms with Crippen molar-refractivity contribution in [3.05, 3.63) is 53.4 Å². The highest BCUT2D eigenvalue weighted by atomic mass is 19.4. The maximum absolute atomic E-state index is 12.3. The van der Waals surface area contributed by atoms with Crippen LogP contribution in [0.3, 0.4) is 0 Å². The molecule has 0 amide bonds. The maximum Gasteiger partial charge on any atom is 0.452 e. The van der Waals surface area contributed by atoms with Gasteiger partial charge in [0, 0.05) is 12.5 Å². The normalized spacial score (nSPS) is 13.6. The molecular formula is C12H10F3NO2. The zero-order chi connectivity index (χ0) is 13.2. The van der Waals surface area contributed by atoms with Gasteiger partial charge in [-0.15, -0.1) is 0 Å². The molecule has 18 heavy (non-hydrogen) atoms. The number of aliphatic hydroxyl groups is 1. The van der Waals surface area contributed by atoms with Gasteiger partial charge in [0.2, 0.25) is 5.76 Å². The Morgan fingerprint density at radius 1 is 1.22 bits per heavy atom. The zero-order valence-electron chi connectivity index (χ0n) is 9.19. The van der Waals surface area contributed by atoms with Gasteiger partial charge in [0.15, 0.2) is 0 Å². The number of alkyl halides is 3. The van der Waals surface area contributed by atoms with Crippen LogP contribution < -0.4 is 0 Å². The molecule has 2 rings (SSSR count). The summed E-state index contributed by atoms with van der Waals surface area (Å²) in [7, 11) is 0. The van der Waals surface area contributed by atoms with Crippen LogP contribution in [0.2, 0.25) is 0 Å². The summed E-state index contributed by atoms with van der Waals surface area (Å²) >= 11 is 0. The Labute approximate surface area is 101 Å². The maximum atomic E-state index is 12.3. The van der Waals surface area contributed by atoms with Crippen LogP contribution in [0.4, 0.5) is 13.2 Å². The highest BCUT2D eigenvalue weighted by Gasteiger charge is 2.36. The number of benzene rings is 1. The highest BCUT2D eigenvalue weighted by Crippen LogP contribution is 2.30. The lowest BCUT2D eigenvalue weighted by atomic mass is 10.1. The molecule has 1 N–H and O–H groups in total. The van der Waals surface area contributed by atoms with Gasteiger partial charge in [-0.3, -0.25) is 0 Å². The van der Waals surface area contributed by atoms with Crippen LogP contribution >= 0.6 is 0 Å². The molecule has 0 saturated carbocycles. The van der Waals surface area contributed by atoms with E-state index in [9.17, 15) is 18.3 Å². The number of aromatic nitrogens is 1. The lowest BCUT2D eigenvalue weighted by Gasteiger charge is -2.07. The third-order valence-corrected chi connectivity index (χ3v) is 2.43. The lowest BCUT2D eigenvalue weighted by molar-refractivity contribution is -0.155. The molecule has 3 nitrogen and oxygen atoms in total. The van der Waals surface area contributed by atoms with Crippen molar-refractivity contribution in [2.45, 2.75) is 18.7 Å². The van der Waals surface area contributed by atoms with Gasteiger partial charge in [0.25, 0.3) is 0 Å². The number of nitrogens with zero attached hydrogens (tertiary/aromatic N) is 1. The summed E-state index contributed by atoms with van der Waals surface area (Å²) < 4.78 is 41.0. The summed E-state index contributed by atoms with van der Waals surface area (Å²) in [5, 5.41) is 13.1. The number of hydrogen-bond donors (Lipinski definition) is 1. The predicted molar refractivity (Wildman–Crippen MR) is 56.6 cm³/mol. The van der Waals surface area contributed by atoms with Gasteiger partial charge in [-0.05, 0) is 5.56 Å². The fraction of sp³-hybridized carbons (Fsp3) is 0.250. The van der Waals surface area contributed by atoms with Crippen molar-refractivity contribution in [3.63, 3.8) is 0 Å². The van der Waals surface area contributed by atoms with Crippen molar-refractivity contribution in [1.82, 2.24) is 5.16 Å². The Balaban J connectivity index is 2.08. The molecule has 0 aliphatic rings. The Kier molecular flexibility index (Phi) is 3.38. The van der Waals surface area contributed by atoms with Gasteiger partial charge in [-0.25, -0.2) is 0 Å². The van der Waals surface area contributed by atoms with Crippen LogP contribution in [0.25, 0.3) is 0 Å². The van der Waals surface area contributed by atoms with E-state index in [0.717, 1.165) is 6.07 Å². The van der Waals surface area contributed by atoms with E-state index in [4.69, 9.17) is 0 Å². The highest BCUT2D eigenvalue weighted by molar-refractivity contribution is 5.19. The van der Waals surface area contributed by atoms with Crippen molar-refractivity contribution in [1.29, 1.82) is 0 Å². The third-order valence-electron chi connectivity index (χ3n) is 2.43. The van der Waals surface area contributed by atoms with Crippen molar-refractivity contribution < 1.29 is 22.8 Å². The molecule has 2 aromatic rings. The Morgan fingerprint density at radius 2 is 1.89 bits per heavy atom. The van der Waals surface area contributed by atoms with Crippen LogP contribution in [0.5, 0.6) is 0 Å². The van der Waals surface area contributed by atoms with Crippen LogP contribution in [-0.2, 0) is 12.6 Å². The van der Waals surface area contributed by atoms with Gasteiger partial charge in [-0.1, -0.05) is 35.5 Å². The van der Waals surface area contributed by atoms with E-state index in [0.29, 0.717) is 5.56 Å². The molecule has 1 heterocycles. The third kappa shape index (κ3) is 2.89. The van der Waals surface area contributed by atoms with Crippen LogP contribution in [0.15, 0.2) is 40.9 Å². The molecule has 0 aliphatic heterocycles. The number of hydrogen-bond acceptors (Lipinski definition) is 3. The molecule has 0 fully saturated rings. The molecule has 1 atom stereocenters. The monoisotopic (exact) mass is 257 g/mol. The van der Waals surface area contributed by atoms with Crippen molar-refractivity contribution >= 4 is 0 Å². The van der Waals surface area contributed by atoms with E-state index < -0.39 is 18.0 Å². The minimum Gasteiger partial charge on any atom is -0.388 e. The molecule has 0 radical (unpaired) electrons. The Bertz CT molecular complexity index is 508. The SMILES string of the molecule is OC(Cc1cc(C(F)(F)F)on1)c1ccccc1. The minimum absolute atomic E-state index is 0.0242. The molecule has 0 aliphatic carbocycles. The second kappa shape index (κ2) is 4.81. The van der Waals surface area contributed by atoms with E-state index in [-0.39, 0.29) is 12.1 Å². The lowest BCUT2D eigenvalue weighted by Crippen LogP contribution is -2.03. The van der Waals surface area contributed by atoms with Crippen molar-refractivity contribution in [2.75, 3.05) is 0 Å². The van der Waals surface area contributed by atoms with Gasteiger partial charge < -0.3 is 9.63 Å².